The molecule has 0 amide bonds. The maximum atomic E-state index is 14.8. The normalized spacial score (nSPS) is 18.1. The zero-order valence-corrected chi connectivity index (χ0v) is 19.9. The fraction of sp³-hybridized carbons (Fsp3) is 0.267. The molecule has 0 spiro atoms. The van der Waals surface area contributed by atoms with Gasteiger partial charge >= 0.3 is 0 Å². The van der Waals surface area contributed by atoms with E-state index >= 15 is 0 Å². The van der Waals surface area contributed by atoms with Crippen molar-refractivity contribution in [3.8, 4) is 11.1 Å². The summed E-state index contributed by atoms with van der Waals surface area (Å²) >= 11 is 0. The number of hydrogen-bond acceptors (Lipinski definition) is 0. The van der Waals surface area contributed by atoms with Crippen LogP contribution < -0.4 is 0 Å². The van der Waals surface area contributed by atoms with E-state index in [4.69, 9.17) is 0 Å². The highest BCUT2D eigenvalue weighted by molar-refractivity contribution is 5.68. The van der Waals surface area contributed by atoms with Gasteiger partial charge in [-0.3, -0.25) is 0 Å². The first-order valence-corrected chi connectivity index (χ1v) is 12.0. The van der Waals surface area contributed by atoms with Crippen LogP contribution in [0.25, 0.3) is 23.3 Å². The van der Waals surface area contributed by atoms with Gasteiger partial charge in [0.05, 0.1) is 0 Å². The molecule has 4 rings (SSSR count). The second-order valence-electron chi connectivity index (χ2n) is 9.13. The van der Waals surface area contributed by atoms with Gasteiger partial charge in [-0.25, -0.2) is 26.3 Å². The first-order chi connectivity index (χ1) is 17.3. The van der Waals surface area contributed by atoms with Crippen molar-refractivity contribution in [2.45, 2.75) is 44.9 Å². The molecule has 1 saturated carbocycles. The Morgan fingerprint density at radius 1 is 0.694 bits per heavy atom. The number of halogens is 6. The van der Waals surface area contributed by atoms with E-state index in [1.165, 1.54) is 42.5 Å². The van der Waals surface area contributed by atoms with E-state index in [0.29, 0.717) is 31.2 Å². The Kier molecular flexibility index (Phi) is 7.72. The zero-order valence-electron chi connectivity index (χ0n) is 19.9. The van der Waals surface area contributed by atoms with Crippen LogP contribution in [0.4, 0.5) is 26.3 Å². The van der Waals surface area contributed by atoms with Gasteiger partial charge in [-0.1, -0.05) is 68.1 Å². The average Bonchev–Trinajstić information content (AvgIpc) is 2.89. The molecular formula is C30H26F6. The van der Waals surface area contributed by atoms with Crippen LogP contribution in [0.15, 0.2) is 49.1 Å². The van der Waals surface area contributed by atoms with Gasteiger partial charge in [-0.2, -0.15) is 0 Å². The minimum absolute atomic E-state index is 0.00226. The Hall–Kier alpha value is -3.28. The number of rotatable bonds is 6. The van der Waals surface area contributed by atoms with Crippen molar-refractivity contribution in [1.29, 1.82) is 0 Å². The van der Waals surface area contributed by atoms with Crippen LogP contribution in [0.1, 0.15) is 60.8 Å². The lowest BCUT2D eigenvalue weighted by Crippen LogP contribution is -2.13. The summed E-state index contributed by atoms with van der Waals surface area (Å²) in [7, 11) is 0. The maximum absolute atomic E-state index is 14.8. The van der Waals surface area contributed by atoms with Gasteiger partial charge in [0.2, 0.25) is 0 Å². The lowest BCUT2D eigenvalue weighted by atomic mass is 9.78. The average molecular weight is 501 g/mol. The summed E-state index contributed by atoms with van der Waals surface area (Å²) in [4.78, 5) is 0. The van der Waals surface area contributed by atoms with Crippen LogP contribution in [-0.2, 0) is 6.42 Å². The second-order valence-corrected chi connectivity index (χ2v) is 9.13. The number of aryl methyl sites for hydroxylation is 1. The van der Waals surface area contributed by atoms with Gasteiger partial charge in [0.25, 0.3) is 0 Å². The van der Waals surface area contributed by atoms with Crippen molar-refractivity contribution >= 4 is 12.2 Å². The quantitative estimate of drug-likeness (QED) is 0.296. The highest BCUT2D eigenvalue weighted by Gasteiger charge is 2.25. The molecule has 1 aliphatic carbocycles. The topological polar surface area (TPSA) is 0 Å². The van der Waals surface area contributed by atoms with Crippen molar-refractivity contribution in [2.75, 3.05) is 0 Å². The molecule has 0 saturated heterocycles. The minimum atomic E-state index is -1.25. The molecule has 6 heteroatoms. The Bertz CT molecular complexity index is 1320. The van der Waals surface area contributed by atoms with Crippen molar-refractivity contribution < 1.29 is 26.3 Å². The third-order valence-electron chi connectivity index (χ3n) is 7.07. The van der Waals surface area contributed by atoms with Gasteiger partial charge in [0, 0.05) is 22.3 Å². The molecule has 0 aromatic heterocycles. The molecule has 0 radical (unpaired) electrons. The molecule has 3 aromatic rings. The van der Waals surface area contributed by atoms with Gasteiger partial charge in [-0.15, -0.1) is 0 Å². The van der Waals surface area contributed by atoms with Crippen LogP contribution in [0.3, 0.4) is 0 Å². The fourth-order valence-corrected chi connectivity index (χ4v) is 4.89. The summed E-state index contributed by atoms with van der Waals surface area (Å²) in [5.74, 6) is -6.45. The molecule has 3 aromatic carbocycles. The molecule has 0 aliphatic heterocycles. The van der Waals surface area contributed by atoms with E-state index in [1.54, 1.807) is 19.1 Å². The highest BCUT2D eigenvalue weighted by Crippen LogP contribution is 2.39. The Labute approximate surface area is 207 Å². The number of allylic oxidation sites excluding steroid dienone is 1. The monoisotopic (exact) mass is 500 g/mol. The third-order valence-corrected chi connectivity index (χ3v) is 7.07. The van der Waals surface area contributed by atoms with Gasteiger partial charge in [0.1, 0.15) is 0 Å². The van der Waals surface area contributed by atoms with Gasteiger partial charge in [0.15, 0.2) is 34.9 Å². The molecule has 0 bridgehead atoms. The van der Waals surface area contributed by atoms with Crippen LogP contribution >= 0.6 is 0 Å². The van der Waals surface area contributed by atoms with Gasteiger partial charge < -0.3 is 0 Å². The summed E-state index contributed by atoms with van der Waals surface area (Å²) in [6.07, 6.45) is 7.43. The minimum Gasteiger partial charge on any atom is -0.203 e. The largest absolute Gasteiger partial charge is 0.203 e. The highest BCUT2D eigenvalue weighted by atomic mass is 19.2. The van der Waals surface area contributed by atoms with Crippen molar-refractivity contribution in [3.05, 3.63) is 106 Å². The third kappa shape index (κ3) is 4.86. The molecule has 36 heavy (non-hydrogen) atoms. The maximum Gasteiger partial charge on any atom is 0.167 e. The lowest BCUT2D eigenvalue weighted by Gasteiger charge is -2.27. The van der Waals surface area contributed by atoms with E-state index in [-0.39, 0.29) is 46.1 Å². The summed E-state index contributed by atoms with van der Waals surface area (Å²) in [5.41, 5.74) is -0.0508. The number of hydrogen-bond donors (Lipinski definition) is 0. The van der Waals surface area contributed by atoms with Crippen LogP contribution in [0.2, 0.25) is 0 Å². The summed E-state index contributed by atoms with van der Waals surface area (Å²) in [6.45, 7) is 5.15. The molecular weight excluding hydrogens is 474 g/mol. The molecule has 1 fully saturated rings. The Morgan fingerprint density at radius 3 is 1.92 bits per heavy atom. The summed E-state index contributed by atoms with van der Waals surface area (Å²) in [5, 5.41) is 0. The molecule has 0 nitrogen and oxygen atoms in total. The van der Waals surface area contributed by atoms with E-state index in [2.05, 4.69) is 6.58 Å². The molecule has 0 heterocycles. The molecule has 188 valence electrons. The predicted molar refractivity (Wildman–Crippen MR) is 131 cm³/mol. The summed E-state index contributed by atoms with van der Waals surface area (Å²) in [6, 6.07) is 8.31. The Morgan fingerprint density at radius 2 is 1.28 bits per heavy atom. The van der Waals surface area contributed by atoms with E-state index in [0.717, 1.165) is 0 Å². The molecule has 0 atom stereocenters. The zero-order chi connectivity index (χ0) is 26.0. The van der Waals surface area contributed by atoms with Crippen LogP contribution in [0, 0.1) is 40.8 Å². The molecule has 0 unspecified atom stereocenters. The lowest BCUT2D eigenvalue weighted by molar-refractivity contribution is 0.364. The number of benzene rings is 3. The SMILES string of the molecule is C=Cc1ccc(C2CCC(/C=C/c3ccc(-c4ccc(CC)c(F)c4F)c(F)c3F)CC2)c(F)c1F. The van der Waals surface area contributed by atoms with E-state index in [1.807, 2.05) is 0 Å². The second kappa shape index (κ2) is 10.8. The van der Waals surface area contributed by atoms with Crippen molar-refractivity contribution in [3.63, 3.8) is 0 Å². The van der Waals surface area contributed by atoms with E-state index in [9.17, 15) is 26.3 Å². The first-order valence-electron chi connectivity index (χ1n) is 12.0. The van der Waals surface area contributed by atoms with Crippen LogP contribution in [-0.4, -0.2) is 0 Å². The smallest absolute Gasteiger partial charge is 0.167 e. The Balaban J connectivity index is 1.47. The fourth-order valence-electron chi connectivity index (χ4n) is 4.89. The summed E-state index contributed by atoms with van der Waals surface area (Å²) < 4.78 is 86.8. The first kappa shape index (κ1) is 25.8. The standard InChI is InChI=1S/C30H26F6/c1-3-18-11-14-22(28(34)25(18)31)20-8-5-17(6-9-20)7-10-21-13-16-24(30(36)27(21)33)23-15-12-19(4-2)26(32)29(23)35/h3,7,10-17,20H,1,4-6,8-9H2,2H3/b10-7+. The van der Waals surface area contributed by atoms with Crippen molar-refractivity contribution in [1.82, 2.24) is 0 Å². The molecule has 1 aliphatic rings. The van der Waals surface area contributed by atoms with E-state index < -0.39 is 34.9 Å². The van der Waals surface area contributed by atoms with Gasteiger partial charge in [-0.05, 0) is 55.1 Å². The molecule has 0 N–H and O–H groups in total. The van der Waals surface area contributed by atoms with Crippen LogP contribution in [0.5, 0.6) is 0 Å². The predicted octanol–water partition coefficient (Wildman–Crippen LogP) is 9.38. The van der Waals surface area contributed by atoms with Crippen molar-refractivity contribution in [2.24, 2.45) is 5.92 Å².